The third-order valence-corrected chi connectivity index (χ3v) is 8.97. The Hall–Kier alpha value is -2.15. The Bertz CT molecular complexity index is 1160. The summed E-state index contributed by atoms with van der Waals surface area (Å²) >= 11 is 3.78. The number of hydrogen-bond donors (Lipinski definition) is 0. The minimum Gasteiger partial charge on any atom is -0.353 e. The zero-order chi connectivity index (χ0) is 22.8. The molecular formula is C27H30FN3S2. The first-order valence-corrected chi connectivity index (χ1v) is 13.4. The number of para-hydroxylation sites is 1. The van der Waals surface area contributed by atoms with Crippen LogP contribution >= 0.6 is 23.1 Å². The van der Waals surface area contributed by atoms with E-state index >= 15 is 0 Å². The number of thiophene rings is 1. The summed E-state index contributed by atoms with van der Waals surface area (Å²) in [5, 5.41) is 0. The Morgan fingerprint density at radius 1 is 1.06 bits per heavy atom. The van der Waals surface area contributed by atoms with Crippen molar-refractivity contribution in [1.82, 2.24) is 9.80 Å². The molecule has 1 atom stereocenters. The molecule has 0 spiro atoms. The van der Waals surface area contributed by atoms with E-state index in [1.165, 1.54) is 25.6 Å². The van der Waals surface area contributed by atoms with Crippen molar-refractivity contribution in [3.8, 4) is 0 Å². The summed E-state index contributed by atoms with van der Waals surface area (Å²) in [6, 6.07) is 18.3. The molecule has 2 aromatic carbocycles. The number of aliphatic imine (C=N–C) groups is 1. The Morgan fingerprint density at radius 2 is 1.94 bits per heavy atom. The summed E-state index contributed by atoms with van der Waals surface area (Å²) in [7, 11) is 2.21. The van der Waals surface area contributed by atoms with Gasteiger partial charge >= 0.3 is 0 Å². The van der Waals surface area contributed by atoms with Crippen LogP contribution in [0.2, 0.25) is 0 Å². The first-order chi connectivity index (χ1) is 16.1. The fourth-order valence-corrected chi connectivity index (χ4v) is 7.21. The molecule has 3 nitrogen and oxygen atoms in total. The van der Waals surface area contributed by atoms with E-state index in [-0.39, 0.29) is 5.82 Å². The number of nitrogens with zero attached hydrogens (tertiary/aromatic N) is 3. The van der Waals surface area contributed by atoms with Crippen LogP contribution in [0.25, 0.3) is 0 Å². The van der Waals surface area contributed by atoms with E-state index in [4.69, 9.17) is 4.99 Å². The van der Waals surface area contributed by atoms with Crippen molar-refractivity contribution in [1.29, 1.82) is 0 Å². The molecule has 1 aromatic heterocycles. The molecule has 3 heterocycles. The molecule has 0 amide bonds. The van der Waals surface area contributed by atoms with Crippen molar-refractivity contribution in [2.24, 2.45) is 4.99 Å². The van der Waals surface area contributed by atoms with E-state index in [1.807, 2.05) is 35.2 Å². The molecule has 1 fully saturated rings. The number of hydrogen-bond acceptors (Lipinski definition) is 5. The molecule has 0 radical (unpaired) electrons. The average molecular weight is 480 g/mol. The Balaban J connectivity index is 1.42. The van der Waals surface area contributed by atoms with Gasteiger partial charge in [-0.3, -0.25) is 4.90 Å². The van der Waals surface area contributed by atoms with Gasteiger partial charge in [0.25, 0.3) is 0 Å². The highest BCUT2D eigenvalue weighted by atomic mass is 32.2. The van der Waals surface area contributed by atoms with Crippen molar-refractivity contribution >= 4 is 34.6 Å². The van der Waals surface area contributed by atoms with Crippen molar-refractivity contribution in [2.75, 3.05) is 26.7 Å². The maximum Gasteiger partial charge on any atom is 0.138 e. The number of aryl methyl sites for hydroxylation is 2. The van der Waals surface area contributed by atoms with Crippen LogP contribution in [0.5, 0.6) is 0 Å². The van der Waals surface area contributed by atoms with Crippen molar-refractivity contribution < 1.29 is 4.39 Å². The smallest absolute Gasteiger partial charge is 0.138 e. The lowest BCUT2D eigenvalue weighted by Gasteiger charge is -2.41. The number of amidine groups is 1. The summed E-state index contributed by atoms with van der Waals surface area (Å²) in [6.07, 6.45) is 4.17. The number of benzene rings is 2. The molecule has 2 aliphatic heterocycles. The summed E-state index contributed by atoms with van der Waals surface area (Å²) in [4.78, 5) is 12.8. The molecule has 3 aromatic rings. The predicted molar refractivity (Wildman–Crippen MR) is 138 cm³/mol. The minimum absolute atomic E-state index is 0.150. The van der Waals surface area contributed by atoms with Crippen LogP contribution in [-0.2, 0) is 12.8 Å². The third kappa shape index (κ3) is 5.03. The SMILES string of the molecule is CCCc1cc2c(s1)Sc1ccccc1N=C2N1CCN(C)[C@@H](CCc2cccc(F)c2)C1. The largest absolute Gasteiger partial charge is 0.353 e. The molecule has 172 valence electrons. The second kappa shape index (κ2) is 10.00. The lowest BCUT2D eigenvalue weighted by Crippen LogP contribution is -2.53. The van der Waals surface area contributed by atoms with Crippen molar-refractivity contribution in [3.05, 3.63) is 76.4 Å². The topological polar surface area (TPSA) is 18.8 Å². The van der Waals surface area contributed by atoms with Gasteiger partial charge < -0.3 is 4.90 Å². The highest BCUT2D eigenvalue weighted by molar-refractivity contribution is 8.01. The normalized spacial score (nSPS) is 18.5. The van der Waals surface area contributed by atoms with Gasteiger partial charge in [0.15, 0.2) is 0 Å². The number of halogens is 1. The molecule has 0 saturated carbocycles. The molecule has 6 heteroatoms. The van der Waals surface area contributed by atoms with E-state index < -0.39 is 0 Å². The molecular weight excluding hydrogens is 449 g/mol. The van der Waals surface area contributed by atoms with Crippen LogP contribution in [0.1, 0.15) is 35.8 Å². The quantitative estimate of drug-likeness (QED) is 0.409. The van der Waals surface area contributed by atoms with Gasteiger partial charge in [-0.05, 0) is 62.2 Å². The van der Waals surface area contributed by atoms with Crippen LogP contribution in [0.3, 0.4) is 0 Å². The number of likely N-dealkylation sites (N-methyl/N-ethyl adjacent to an activating group) is 1. The van der Waals surface area contributed by atoms with Crippen molar-refractivity contribution in [2.45, 2.75) is 47.8 Å². The molecule has 0 N–H and O–H groups in total. The Labute approximate surface area is 204 Å². The summed E-state index contributed by atoms with van der Waals surface area (Å²) in [5.41, 5.74) is 3.42. The van der Waals surface area contributed by atoms with Crippen molar-refractivity contribution in [3.63, 3.8) is 0 Å². The summed E-state index contributed by atoms with van der Waals surface area (Å²) in [6.45, 7) is 5.15. The fraction of sp³-hybridized carbons (Fsp3) is 0.370. The van der Waals surface area contributed by atoms with Crippen LogP contribution in [-0.4, -0.2) is 48.4 Å². The van der Waals surface area contributed by atoms with Gasteiger partial charge in [0.05, 0.1) is 9.90 Å². The molecule has 5 rings (SSSR count). The monoisotopic (exact) mass is 479 g/mol. The number of rotatable bonds is 5. The molecule has 33 heavy (non-hydrogen) atoms. The first-order valence-electron chi connectivity index (χ1n) is 11.8. The Kier molecular flexibility index (Phi) is 6.86. The molecule has 0 aliphatic carbocycles. The van der Waals surface area contributed by atoms with Crippen LogP contribution in [0.15, 0.2) is 68.7 Å². The lowest BCUT2D eigenvalue weighted by atomic mass is 10.0. The first kappa shape index (κ1) is 22.6. The van der Waals surface area contributed by atoms with Gasteiger partial charge in [0.1, 0.15) is 11.7 Å². The van der Waals surface area contributed by atoms with Crippen LogP contribution in [0, 0.1) is 5.82 Å². The lowest BCUT2D eigenvalue weighted by molar-refractivity contribution is 0.134. The predicted octanol–water partition coefficient (Wildman–Crippen LogP) is 6.63. The van der Waals surface area contributed by atoms with E-state index in [0.29, 0.717) is 6.04 Å². The van der Waals surface area contributed by atoms with Gasteiger partial charge in [0, 0.05) is 41.0 Å². The maximum atomic E-state index is 13.6. The average Bonchev–Trinajstić information content (AvgIpc) is 3.13. The molecule has 0 bridgehead atoms. The second-order valence-electron chi connectivity index (χ2n) is 8.92. The van der Waals surface area contributed by atoms with Gasteiger partial charge in [-0.25, -0.2) is 9.38 Å². The van der Waals surface area contributed by atoms with Crippen LogP contribution < -0.4 is 0 Å². The highest BCUT2D eigenvalue weighted by Gasteiger charge is 2.30. The number of piperazine rings is 1. The van der Waals surface area contributed by atoms with Gasteiger partial charge in [0.2, 0.25) is 0 Å². The maximum absolute atomic E-state index is 13.6. The zero-order valence-corrected chi connectivity index (χ0v) is 20.9. The van der Waals surface area contributed by atoms with Gasteiger partial charge in [-0.15, -0.1) is 11.3 Å². The third-order valence-electron chi connectivity index (χ3n) is 6.51. The molecule has 1 saturated heterocycles. The Morgan fingerprint density at radius 3 is 2.79 bits per heavy atom. The van der Waals surface area contributed by atoms with Gasteiger partial charge in [-0.2, -0.15) is 0 Å². The van der Waals surface area contributed by atoms with E-state index in [0.717, 1.165) is 62.4 Å². The van der Waals surface area contributed by atoms with Crippen LogP contribution in [0.4, 0.5) is 10.1 Å². The minimum atomic E-state index is -0.150. The molecule has 2 aliphatic rings. The summed E-state index contributed by atoms with van der Waals surface area (Å²) in [5.74, 6) is 0.966. The second-order valence-corrected chi connectivity index (χ2v) is 11.4. The van der Waals surface area contributed by atoms with E-state index in [2.05, 4.69) is 54.1 Å². The fourth-order valence-electron chi connectivity index (χ4n) is 4.65. The van der Waals surface area contributed by atoms with E-state index in [1.54, 1.807) is 6.07 Å². The molecule has 0 unspecified atom stereocenters. The van der Waals surface area contributed by atoms with Gasteiger partial charge in [-0.1, -0.05) is 49.4 Å². The standard InChI is InChI=1S/C27H30FN3S2/c1-3-7-22-17-23-26(29-24-10-4-5-11-25(24)33-27(23)32-22)31-15-14-30(2)21(18-31)13-12-19-8-6-9-20(28)16-19/h4-6,8-11,16-17,21H,3,7,12-15,18H2,1-2H3/t21-/m0/s1. The number of fused-ring (bicyclic) bond motifs is 2. The summed E-state index contributed by atoms with van der Waals surface area (Å²) < 4.78 is 15.0. The zero-order valence-electron chi connectivity index (χ0n) is 19.3. The highest BCUT2D eigenvalue weighted by Crippen LogP contribution is 2.44. The van der Waals surface area contributed by atoms with E-state index in [9.17, 15) is 4.39 Å².